The number of ether oxygens (including phenoxy) is 1. The van der Waals surface area contributed by atoms with Crippen LogP contribution >= 0.6 is 0 Å². The van der Waals surface area contributed by atoms with E-state index < -0.39 is 0 Å². The summed E-state index contributed by atoms with van der Waals surface area (Å²) in [5.74, 6) is 0. The molecule has 0 amide bonds. The molecule has 0 N–H and O–H groups in total. The predicted octanol–water partition coefficient (Wildman–Crippen LogP) is 2.03. The average molecular weight is 255 g/mol. The first-order valence-corrected chi connectivity index (χ1v) is 5.99. The van der Waals surface area contributed by atoms with Gasteiger partial charge >= 0.3 is 0 Å². The standard InChI is InChI=1S/C14H13N3O2/c1-2-6-12(7-3-1)10-18-11-19-17-14-9-5-4-8-13(14)15-16-17/h1-9H,10-11H2. The molecule has 96 valence electrons. The van der Waals surface area contributed by atoms with Gasteiger partial charge in [-0.3, -0.25) is 0 Å². The molecule has 0 aliphatic carbocycles. The SMILES string of the molecule is c1ccc(COCOn2nnc3ccccc32)cc1. The summed E-state index contributed by atoms with van der Waals surface area (Å²) in [6, 6.07) is 17.5. The Labute approximate surface area is 110 Å². The average Bonchev–Trinajstić information content (AvgIpc) is 2.88. The maximum absolute atomic E-state index is 5.43. The number of rotatable bonds is 5. The van der Waals surface area contributed by atoms with Crippen LogP contribution in [-0.4, -0.2) is 22.0 Å². The van der Waals surface area contributed by atoms with Gasteiger partial charge < -0.3 is 9.57 Å². The quantitative estimate of drug-likeness (QED) is 0.517. The van der Waals surface area contributed by atoms with Crippen LogP contribution in [0.4, 0.5) is 0 Å². The monoisotopic (exact) mass is 255 g/mol. The molecule has 0 aliphatic heterocycles. The summed E-state index contributed by atoms with van der Waals surface area (Å²) in [5.41, 5.74) is 2.73. The zero-order valence-corrected chi connectivity index (χ0v) is 10.3. The molecule has 0 saturated heterocycles. The zero-order valence-electron chi connectivity index (χ0n) is 10.3. The second-order valence-electron chi connectivity index (χ2n) is 4.03. The summed E-state index contributed by atoms with van der Waals surface area (Å²) in [6.07, 6.45) is 0. The van der Waals surface area contributed by atoms with Gasteiger partial charge in [0, 0.05) is 0 Å². The van der Waals surface area contributed by atoms with E-state index in [2.05, 4.69) is 10.3 Å². The molecule has 0 aliphatic rings. The molecular weight excluding hydrogens is 242 g/mol. The minimum Gasteiger partial charge on any atom is -0.366 e. The van der Waals surface area contributed by atoms with Gasteiger partial charge in [-0.2, -0.15) is 0 Å². The molecule has 1 aromatic heterocycles. The minimum absolute atomic E-state index is 0.127. The number of fused-ring (bicyclic) bond motifs is 1. The molecular formula is C14H13N3O2. The van der Waals surface area contributed by atoms with Gasteiger partial charge in [-0.15, -0.1) is 5.10 Å². The smallest absolute Gasteiger partial charge is 0.216 e. The highest BCUT2D eigenvalue weighted by molar-refractivity contribution is 5.73. The topological polar surface area (TPSA) is 49.2 Å². The molecule has 5 nitrogen and oxygen atoms in total. The summed E-state index contributed by atoms with van der Waals surface area (Å²) in [6.45, 7) is 0.635. The molecule has 0 saturated carbocycles. The minimum atomic E-state index is 0.127. The van der Waals surface area contributed by atoms with Crippen molar-refractivity contribution in [3.63, 3.8) is 0 Å². The highest BCUT2D eigenvalue weighted by atomic mass is 16.8. The third-order valence-corrected chi connectivity index (χ3v) is 2.69. The van der Waals surface area contributed by atoms with Crippen LogP contribution in [0.5, 0.6) is 0 Å². The lowest BCUT2D eigenvalue weighted by molar-refractivity contribution is -0.0753. The number of para-hydroxylation sites is 1. The lowest BCUT2D eigenvalue weighted by Gasteiger charge is -2.06. The first-order valence-electron chi connectivity index (χ1n) is 5.99. The van der Waals surface area contributed by atoms with Crippen LogP contribution in [0.15, 0.2) is 54.6 Å². The van der Waals surface area contributed by atoms with Gasteiger partial charge in [0.05, 0.1) is 6.61 Å². The van der Waals surface area contributed by atoms with Gasteiger partial charge in [0.2, 0.25) is 6.79 Å². The number of nitrogens with zero attached hydrogens (tertiary/aromatic N) is 3. The van der Waals surface area contributed by atoms with Crippen molar-refractivity contribution in [3.05, 3.63) is 60.2 Å². The van der Waals surface area contributed by atoms with Gasteiger partial charge in [0.15, 0.2) is 0 Å². The van der Waals surface area contributed by atoms with Gasteiger partial charge in [0.25, 0.3) is 0 Å². The summed E-state index contributed by atoms with van der Waals surface area (Å²) in [4.78, 5) is 6.78. The van der Waals surface area contributed by atoms with Crippen LogP contribution in [0, 0.1) is 0 Å². The summed E-state index contributed by atoms with van der Waals surface area (Å²) >= 11 is 0. The highest BCUT2D eigenvalue weighted by Gasteiger charge is 2.03. The van der Waals surface area contributed by atoms with Crippen LogP contribution in [-0.2, 0) is 11.3 Å². The van der Waals surface area contributed by atoms with Crippen molar-refractivity contribution in [2.24, 2.45) is 0 Å². The Bertz CT molecular complexity index is 652. The first kappa shape index (κ1) is 11.7. The van der Waals surface area contributed by atoms with Crippen LogP contribution in [0.3, 0.4) is 0 Å². The van der Waals surface area contributed by atoms with Crippen molar-refractivity contribution < 1.29 is 9.57 Å². The number of benzene rings is 2. The molecule has 2 aromatic carbocycles. The van der Waals surface area contributed by atoms with Gasteiger partial charge in [0.1, 0.15) is 11.0 Å². The third kappa shape index (κ3) is 2.71. The zero-order chi connectivity index (χ0) is 12.9. The fourth-order valence-corrected chi connectivity index (χ4v) is 1.76. The first-order chi connectivity index (χ1) is 9.43. The van der Waals surface area contributed by atoms with E-state index in [-0.39, 0.29) is 6.79 Å². The van der Waals surface area contributed by atoms with Gasteiger partial charge in [-0.25, -0.2) is 0 Å². The van der Waals surface area contributed by atoms with E-state index in [1.165, 1.54) is 4.85 Å². The Morgan fingerprint density at radius 2 is 1.74 bits per heavy atom. The van der Waals surface area contributed by atoms with Crippen LogP contribution in [0.1, 0.15) is 5.56 Å². The van der Waals surface area contributed by atoms with E-state index in [9.17, 15) is 0 Å². The van der Waals surface area contributed by atoms with Crippen molar-refractivity contribution in [2.45, 2.75) is 6.61 Å². The van der Waals surface area contributed by atoms with Crippen molar-refractivity contribution in [3.8, 4) is 0 Å². The van der Waals surface area contributed by atoms with Crippen molar-refractivity contribution >= 4 is 11.0 Å². The van der Waals surface area contributed by atoms with E-state index in [0.717, 1.165) is 16.6 Å². The maximum atomic E-state index is 5.43. The Morgan fingerprint density at radius 3 is 2.63 bits per heavy atom. The second-order valence-corrected chi connectivity index (χ2v) is 4.03. The Morgan fingerprint density at radius 1 is 0.947 bits per heavy atom. The van der Waals surface area contributed by atoms with Crippen molar-refractivity contribution in [1.82, 2.24) is 15.2 Å². The lowest BCUT2D eigenvalue weighted by Crippen LogP contribution is -2.16. The van der Waals surface area contributed by atoms with Gasteiger partial charge in [-0.1, -0.05) is 47.3 Å². The number of aromatic nitrogens is 3. The van der Waals surface area contributed by atoms with Crippen molar-refractivity contribution in [2.75, 3.05) is 6.79 Å². The molecule has 0 bridgehead atoms. The lowest BCUT2D eigenvalue weighted by atomic mass is 10.2. The molecule has 3 aromatic rings. The Balaban J connectivity index is 1.55. The van der Waals surface area contributed by atoms with E-state index in [1.54, 1.807) is 0 Å². The van der Waals surface area contributed by atoms with E-state index in [4.69, 9.17) is 9.57 Å². The maximum Gasteiger partial charge on any atom is 0.216 e. The molecule has 0 fully saturated rings. The predicted molar refractivity (Wildman–Crippen MR) is 70.2 cm³/mol. The van der Waals surface area contributed by atoms with Crippen LogP contribution < -0.4 is 4.84 Å². The number of hydrogen-bond donors (Lipinski definition) is 0. The molecule has 3 rings (SSSR count). The largest absolute Gasteiger partial charge is 0.366 e. The summed E-state index contributed by atoms with van der Waals surface area (Å²) < 4.78 is 5.43. The molecule has 0 spiro atoms. The van der Waals surface area contributed by atoms with Gasteiger partial charge in [-0.05, 0) is 22.9 Å². The third-order valence-electron chi connectivity index (χ3n) is 2.69. The fraction of sp³-hybridized carbons (Fsp3) is 0.143. The highest BCUT2D eigenvalue weighted by Crippen LogP contribution is 2.08. The molecule has 0 unspecified atom stereocenters. The Hall–Kier alpha value is -2.40. The molecule has 0 atom stereocenters. The van der Waals surface area contributed by atoms with E-state index in [0.29, 0.717) is 6.61 Å². The molecule has 19 heavy (non-hydrogen) atoms. The van der Waals surface area contributed by atoms with E-state index >= 15 is 0 Å². The normalized spacial score (nSPS) is 10.7. The van der Waals surface area contributed by atoms with E-state index in [1.807, 2.05) is 54.6 Å². The summed E-state index contributed by atoms with van der Waals surface area (Å²) in [7, 11) is 0. The molecule has 1 heterocycles. The van der Waals surface area contributed by atoms with Crippen molar-refractivity contribution in [1.29, 1.82) is 0 Å². The summed E-state index contributed by atoms with van der Waals surface area (Å²) in [5, 5.41) is 7.89. The fourth-order valence-electron chi connectivity index (χ4n) is 1.76. The molecule has 0 radical (unpaired) electrons. The second kappa shape index (κ2) is 5.49. The number of hydrogen-bond acceptors (Lipinski definition) is 4. The molecule has 5 heteroatoms. The van der Waals surface area contributed by atoms with Crippen LogP contribution in [0.2, 0.25) is 0 Å². The Kier molecular flexibility index (Phi) is 3.38. The van der Waals surface area contributed by atoms with Crippen LogP contribution in [0.25, 0.3) is 11.0 Å².